The first-order chi connectivity index (χ1) is 4.13. The third-order valence-electron chi connectivity index (χ3n) is 0.552. The lowest BCUT2D eigenvalue weighted by Crippen LogP contribution is -3.00. The molecule has 6 heteroatoms. The van der Waals surface area contributed by atoms with Crippen molar-refractivity contribution >= 4 is 11.9 Å². The van der Waals surface area contributed by atoms with E-state index in [1.54, 1.807) is 0 Å². The minimum atomic E-state index is -1.06. The molecule has 0 spiro atoms. The van der Waals surface area contributed by atoms with Gasteiger partial charge >= 0.3 is 13.4 Å². The fourth-order valence-corrected chi connectivity index (χ4v) is 0.276. The van der Waals surface area contributed by atoms with Crippen LogP contribution >= 0.6 is 0 Å². The molecule has 0 atom stereocenters. The predicted octanol–water partition coefficient (Wildman–Crippen LogP) is -4.14. The lowest BCUT2D eigenvalue weighted by atomic mass is 10.6. The molecule has 0 fully saturated rings. The van der Waals surface area contributed by atoms with Crippen molar-refractivity contribution in [2.24, 2.45) is 0 Å². The van der Waals surface area contributed by atoms with Crippen LogP contribution in [0, 0.1) is 0 Å². The zero-order valence-corrected chi connectivity index (χ0v) is 5.76. The van der Waals surface area contributed by atoms with E-state index in [4.69, 9.17) is 10.2 Å². The first kappa shape index (κ1) is 11.9. The second-order valence-corrected chi connectivity index (χ2v) is 1.39. The van der Waals surface area contributed by atoms with Gasteiger partial charge in [0.05, 0.1) is 13.1 Å². The first-order valence-electron chi connectivity index (χ1n) is 2.27. The number of carbonyl (C=O) groups is 2. The van der Waals surface area contributed by atoms with Gasteiger partial charge in [-0.15, -0.1) is 0 Å². The second-order valence-electron chi connectivity index (χ2n) is 1.39. The summed E-state index contributed by atoms with van der Waals surface area (Å²) in [7, 11) is 0. The van der Waals surface area contributed by atoms with E-state index in [2.05, 4.69) is 5.32 Å². The summed E-state index contributed by atoms with van der Waals surface area (Å²) in [4.78, 5) is 19.5. The van der Waals surface area contributed by atoms with Crippen LogP contribution in [0.15, 0.2) is 0 Å². The molecule has 0 unspecified atom stereocenters. The summed E-state index contributed by atoms with van der Waals surface area (Å²) in [5.74, 6) is -2.12. The van der Waals surface area contributed by atoms with Crippen molar-refractivity contribution in [1.29, 1.82) is 0 Å². The van der Waals surface area contributed by atoms with Crippen molar-refractivity contribution < 1.29 is 33.6 Å². The highest BCUT2D eigenvalue weighted by molar-refractivity contribution is 5.72. The Morgan fingerprint density at radius 2 is 1.50 bits per heavy atom. The smallest absolute Gasteiger partial charge is 1.00 e. The van der Waals surface area contributed by atoms with E-state index in [9.17, 15) is 9.59 Å². The normalized spacial score (nSPS) is 8.00. The van der Waals surface area contributed by atoms with E-state index in [0.29, 0.717) is 0 Å². The van der Waals surface area contributed by atoms with E-state index >= 15 is 0 Å². The van der Waals surface area contributed by atoms with Gasteiger partial charge in [0, 0.05) is 0 Å². The van der Waals surface area contributed by atoms with Crippen LogP contribution in [-0.2, 0) is 9.59 Å². The summed E-state index contributed by atoms with van der Waals surface area (Å²) in [6.45, 7) is -0.626. The Bertz CT molecular complexity index is 117. The molecule has 0 radical (unpaired) electrons. The van der Waals surface area contributed by atoms with Crippen molar-refractivity contribution in [2.45, 2.75) is 0 Å². The summed E-state index contributed by atoms with van der Waals surface area (Å²) >= 11 is 0. The summed E-state index contributed by atoms with van der Waals surface area (Å²) < 4.78 is 0. The monoisotopic (exact) mass is 169 g/mol. The van der Waals surface area contributed by atoms with Crippen molar-refractivity contribution in [3.63, 3.8) is 0 Å². The summed E-state index contributed by atoms with van der Waals surface area (Å²) in [5.41, 5.74) is 0. The van der Waals surface area contributed by atoms with Gasteiger partial charge in [-0.2, -0.15) is 0 Å². The molecule has 0 aromatic heterocycles. The van der Waals surface area contributed by atoms with Gasteiger partial charge in [-0.25, -0.2) is 0 Å². The number of hydrogen-bond acceptors (Lipinski definition) is 3. The highest BCUT2D eigenvalue weighted by atomic mass is 35.5. The van der Waals surface area contributed by atoms with Crippen LogP contribution in [-0.4, -0.2) is 35.2 Å². The third-order valence-corrected chi connectivity index (χ3v) is 0.552. The fraction of sp³-hybridized carbons (Fsp3) is 0.500. The maximum absolute atomic E-state index is 9.73. The maximum Gasteiger partial charge on any atom is 1.00 e. The SMILES string of the molecule is O=C(O)CNCC(=O)O.[Cl-].[H+]. The minimum Gasteiger partial charge on any atom is -1.00 e. The van der Waals surface area contributed by atoms with Gasteiger partial charge in [0.1, 0.15) is 0 Å². The molecule has 0 saturated heterocycles. The third kappa shape index (κ3) is 10.2. The fourth-order valence-electron chi connectivity index (χ4n) is 0.276. The van der Waals surface area contributed by atoms with Gasteiger partial charge in [-0.3, -0.25) is 14.9 Å². The molecule has 0 amide bonds. The second kappa shape index (κ2) is 6.31. The van der Waals surface area contributed by atoms with E-state index in [0.717, 1.165) is 0 Å². The van der Waals surface area contributed by atoms with Crippen molar-refractivity contribution in [3.05, 3.63) is 0 Å². The number of carboxylic acids is 2. The molecular formula is C4H8ClNO4. The Kier molecular flexibility index (Phi) is 7.53. The maximum atomic E-state index is 9.73. The zero-order chi connectivity index (χ0) is 7.28. The van der Waals surface area contributed by atoms with Crippen LogP contribution in [0.3, 0.4) is 0 Å². The highest BCUT2D eigenvalue weighted by Crippen LogP contribution is 1.61. The van der Waals surface area contributed by atoms with Crippen LogP contribution in [0.25, 0.3) is 0 Å². The van der Waals surface area contributed by atoms with E-state index < -0.39 is 11.9 Å². The Hall–Kier alpha value is -0.810. The lowest BCUT2D eigenvalue weighted by Gasteiger charge is -1.93. The van der Waals surface area contributed by atoms with Gasteiger partial charge in [-0.05, 0) is 0 Å². The number of hydrogen-bond donors (Lipinski definition) is 3. The summed E-state index contributed by atoms with van der Waals surface area (Å²) in [6, 6.07) is 0. The van der Waals surface area contributed by atoms with E-state index in [1.165, 1.54) is 0 Å². The molecule has 0 saturated carbocycles. The molecule has 0 rings (SSSR count). The Morgan fingerprint density at radius 3 is 1.70 bits per heavy atom. The van der Waals surface area contributed by atoms with Crippen LogP contribution in [0.4, 0.5) is 0 Å². The Balaban J connectivity index is -0.000000320. The molecule has 0 aromatic carbocycles. The molecule has 60 valence electrons. The molecule has 0 aromatic rings. The number of rotatable bonds is 4. The Labute approximate surface area is 64.9 Å². The summed E-state index contributed by atoms with van der Waals surface area (Å²) in [5, 5.41) is 18.1. The quantitative estimate of drug-likeness (QED) is 0.398. The van der Waals surface area contributed by atoms with Crippen LogP contribution in [0.1, 0.15) is 1.43 Å². The summed E-state index contributed by atoms with van der Waals surface area (Å²) in [6.07, 6.45) is 0. The molecular weight excluding hydrogens is 162 g/mol. The average molecular weight is 170 g/mol. The van der Waals surface area contributed by atoms with Gasteiger partial charge in [0.15, 0.2) is 0 Å². The minimum absolute atomic E-state index is 0. The van der Waals surface area contributed by atoms with E-state index in [-0.39, 0.29) is 26.9 Å². The topological polar surface area (TPSA) is 86.6 Å². The number of halogens is 1. The molecule has 10 heavy (non-hydrogen) atoms. The molecule has 0 aliphatic heterocycles. The highest BCUT2D eigenvalue weighted by Gasteiger charge is 1.97. The number of aliphatic carboxylic acids is 2. The molecule has 0 heterocycles. The van der Waals surface area contributed by atoms with Gasteiger partial charge in [0.2, 0.25) is 0 Å². The zero-order valence-electron chi connectivity index (χ0n) is 6.00. The van der Waals surface area contributed by atoms with Crippen LogP contribution < -0.4 is 17.7 Å². The largest absolute Gasteiger partial charge is 1.00 e. The Morgan fingerprint density at radius 1 is 1.20 bits per heavy atom. The van der Waals surface area contributed by atoms with Gasteiger partial charge in [0.25, 0.3) is 0 Å². The van der Waals surface area contributed by atoms with Crippen LogP contribution in [0.5, 0.6) is 0 Å². The number of carboxylic acid groups (broad SMARTS) is 2. The van der Waals surface area contributed by atoms with Crippen molar-refractivity contribution in [3.8, 4) is 0 Å². The molecule has 5 nitrogen and oxygen atoms in total. The molecule has 0 bridgehead atoms. The van der Waals surface area contributed by atoms with Gasteiger partial charge < -0.3 is 22.6 Å². The average Bonchev–Trinajstić information content (AvgIpc) is 1.63. The molecule has 0 aliphatic rings. The van der Waals surface area contributed by atoms with E-state index in [1.807, 2.05) is 0 Å². The predicted molar refractivity (Wildman–Crippen MR) is 29.3 cm³/mol. The van der Waals surface area contributed by atoms with Crippen molar-refractivity contribution in [1.82, 2.24) is 5.32 Å². The molecule has 3 N–H and O–H groups in total. The van der Waals surface area contributed by atoms with Crippen molar-refractivity contribution in [2.75, 3.05) is 13.1 Å². The first-order valence-corrected chi connectivity index (χ1v) is 2.27. The lowest BCUT2D eigenvalue weighted by molar-refractivity contribution is -0.137. The standard InChI is InChI=1S/C4H7NO4.ClH/c6-3(7)1-5-2-4(8)9;/h5H,1-2H2,(H,6,7)(H,8,9);1H. The van der Waals surface area contributed by atoms with Crippen LogP contribution in [0.2, 0.25) is 0 Å². The number of nitrogens with one attached hydrogen (secondary N) is 1. The molecule has 0 aliphatic carbocycles. The van der Waals surface area contributed by atoms with Gasteiger partial charge in [-0.1, -0.05) is 0 Å².